The Morgan fingerprint density at radius 1 is 0.933 bits per heavy atom. The number of nitrogens with zero attached hydrogens (tertiary/aromatic N) is 1. The van der Waals surface area contributed by atoms with Gasteiger partial charge < -0.3 is 5.32 Å². The Labute approximate surface area is 190 Å². The number of amides is 1. The van der Waals surface area contributed by atoms with Crippen LogP contribution in [0.15, 0.2) is 71.6 Å². The van der Waals surface area contributed by atoms with E-state index in [4.69, 9.17) is 34.8 Å². The maximum Gasteiger partial charge on any atom is 0.264 e. The molecule has 0 spiro atoms. The predicted molar refractivity (Wildman–Crippen MR) is 122 cm³/mol. The molecule has 1 N–H and O–H groups in total. The molecule has 3 aromatic rings. The van der Waals surface area contributed by atoms with Gasteiger partial charge in [-0.15, -0.1) is 0 Å². The second-order valence-corrected chi connectivity index (χ2v) is 9.59. The average molecular weight is 484 g/mol. The van der Waals surface area contributed by atoms with Crippen LogP contribution in [0, 0.1) is 6.92 Å². The molecule has 0 heterocycles. The molecule has 0 saturated carbocycles. The number of halogens is 3. The first-order chi connectivity index (χ1) is 14.2. The molecule has 1 amide bonds. The third-order valence-electron chi connectivity index (χ3n) is 4.20. The standard InChI is InChI=1S/C21H17Cl3N2O3S/c1-14-5-8-18(9-6-14)30(28,29)26(17-4-2-3-15(22)11-17)13-21(27)25-16-7-10-19(23)20(24)12-16/h2-12H,13H2,1H3,(H,25,27). The molecule has 0 saturated heterocycles. The number of aryl methyl sites for hydroxylation is 1. The first-order valence-corrected chi connectivity index (χ1v) is 11.3. The summed E-state index contributed by atoms with van der Waals surface area (Å²) in [5.74, 6) is -0.552. The smallest absolute Gasteiger partial charge is 0.264 e. The Hall–Kier alpha value is -2.25. The van der Waals surface area contributed by atoms with Crippen molar-refractivity contribution in [3.05, 3.63) is 87.4 Å². The van der Waals surface area contributed by atoms with Gasteiger partial charge in [0.2, 0.25) is 5.91 Å². The molecule has 0 aliphatic rings. The number of hydrogen-bond acceptors (Lipinski definition) is 3. The Morgan fingerprint density at radius 3 is 2.27 bits per heavy atom. The maximum atomic E-state index is 13.3. The lowest BCUT2D eigenvalue weighted by molar-refractivity contribution is -0.114. The van der Waals surface area contributed by atoms with Gasteiger partial charge in [-0.25, -0.2) is 8.42 Å². The van der Waals surface area contributed by atoms with E-state index in [1.807, 2.05) is 6.92 Å². The van der Waals surface area contributed by atoms with Crippen LogP contribution in [-0.4, -0.2) is 20.9 Å². The van der Waals surface area contributed by atoms with Crippen LogP contribution in [0.5, 0.6) is 0 Å². The van der Waals surface area contributed by atoms with Crippen LogP contribution in [0.2, 0.25) is 15.1 Å². The molecule has 3 aromatic carbocycles. The van der Waals surface area contributed by atoms with Crippen LogP contribution in [0.3, 0.4) is 0 Å². The summed E-state index contributed by atoms with van der Waals surface area (Å²) in [6.07, 6.45) is 0. The quantitative estimate of drug-likeness (QED) is 0.482. The van der Waals surface area contributed by atoms with Gasteiger partial charge in [0.25, 0.3) is 10.0 Å². The molecule has 0 fully saturated rings. The third kappa shape index (κ3) is 5.26. The zero-order valence-corrected chi connectivity index (χ0v) is 18.9. The molecule has 3 rings (SSSR count). The SMILES string of the molecule is Cc1ccc(S(=O)(=O)N(CC(=O)Nc2ccc(Cl)c(Cl)c2)c2cccc(Cl)c2)cc1. The number of benzene rings is 3. The van der Waals surface area contributed by atoms with Crippen molar-refractivity contribution < 1.29 is 13.2 Å². The van der Waals surface area contributed by atoms with Gasteiger partial charge in [0.15, 0.2) is 0 Å². The summed E-state index contributed by atoms with van der Waals surface area (Å²) >= 11 is 17.9. The molecule has 9 heteroatoms. The van der Waals surface area contributed by atoms with Crippen molar-refractivity contribution in [3.8, 4) is 0 Å². The molecule has 30 heavy (non-hydrogen) atoms. The third-order valence-corrected chi connectivity index (χ3v) is 6.96. The van der Waals surface area contributed by atoms with Crippen LogP contribution >= 0.6 is 34.8 Å². The highest BCUT2D eigenvalue weighted by atomic mass is 35.5. The van der Waals surface area contributed by atoms with Crippen molar-refractivity contribution in [1.82, 2.24) is 0 Å². The van der Waals surface area contributed by atoms with E-state index < -0.39 is 22.5 Å². The van der Waals surface area contributed by atoms with E-state index in [9.17, 15) is 13.2 Å². The van der Waals surface area contributed by atoms with E-state index in [0.29, 0.717) is 15.7 Å². The van der Waals surface area contributed by atoms with Gasteiger partial charge in [-0.05, 0) is 55.5 Å². The van der Waals surface area contributed by atoms with E-state index in [2.05, 4.69) is 5.32 Å². The number of nitrogens with one attached hydrogen (secondary N) is 1. The molecule has 0 bridgehead atoms. The highest BCUT2D eigenvalue weighted by Gasteiger charge is 2.27. The van der Waals surface area contributed by atoms with Gasteiger partial charge in [0.05, 0.1) is 20.6 Å². The number of hydrogen-bond donors (Lipinski definition) is 1. The minimum absolute atomic E-state index is 0.0652. The summed E-state index contributed by atoms with van der Waals surface area (Å²) in [6, 6.07) is 17.3. The molecule has 156 valence electrons. The van der Waals surface area contributed by atoms with Crippen molar-refractivity contribution >= 4 is 62.1 Å². The topological polar surface area (TPSA) is 66.5 Å². The minimum Gasteiger partial charge on any atom is -0.324 e. The van der Waals surface area contributed by atoms with Crippen molar-refractivity contribution in [3.63, 3.8) is 0 Å². The molecule has 0 aliphatic heterocycles. The van der Waals surface area contributed by atoms with Crippen LogP contribution < -0.4 is 9.62 Å². The number of anilines is 2. The molecule has 5 nitrogen and oxygen atoms in total. The first-order valence-electron chi connectivity index (χ1n) is 8.77. The Morgan fingerprint density at radius 2 is 1.63 bits per heavy atom. The van der Waals surface area contributed by atoms with Gasteiger partial charge >= 0.3 is 0 Å². The number of rotatable bonds is 6. The monoisotopic (exact) mass is 482 g/mol. The van der Waals surface area contributed by atoms with Crippen molar-refractivity contribution in [1.29, 1.82) is 0 Å². The largest absolute Gasteiger partial charge is 0.324 e. The van der Waals surface area contributed by atoms with E-state index in [1.54, 1.807) is 36.4 Å². The zero-order valence-electron chi connectivity index (χ0n) is 15.8. The highest BCUT2D eigenvalue weighted by molar-refractivity contribution is 7.92. The van der Waals surface area contributed by atoms with E-state index in [-0.39, 0.29) is 15.6 Å². The maximum absolute atomic E-state index is 13.3. The Bertz CT molecular complexity index is 1180. The highest BCUT2D eigenvalue weighted by Crippen LogP contribution is 2.27. The van der Waals surface area contributed by atoms with Gasteiger partial charge in [-0.2, -0.15) is 0 Å². The lowest BCUT2D eigenvalue weighted by atomic mass is 10.2. The lowest BCUT2D eigenvalue weighted by Gasteiger charge is -2.24. The fourth-order valence-electron chi connectivity index (χ4n) is 2.69. The molecule has 0 aromatic heterocycles. The summed E-state index contributed by atoms with van der Waals surface area (Å²) in [5.41, 5.74) is 1.58. The zero-order chi connectivity index (χ0) is 21.9. The fourth-order valence-corrected chi connectivity index (χ4v) is 4.58. The number of sulfonamides is 1. The summed E-state index contributed by atoms with van der Waals surface area (Å²) in [4.78, 5) is 12.7. The van der Waals surface area contributed by atoms with E-state index >= 15 is 0 Å². The van der Waals surface area contributed by atoms with Gasteiger partial charge in [-0.3, -0.25) is 9.10 Å². The minimum atomic E-state index is -4.02. The van der Waals surface area contributed by atoms with Crippen molar-refractivity contribution in [2.24, 2.45) is 0 Å². The average Bonchev–Trinajstić information content (AvgIpc) is 2.69. The van der Waals surface area contributed by atoms with Gasteiger partial charge in [-0.1, -0.05) is 58.6 Å². The summed E-state index contributed by atoms with van der Waals surface area (Å²) in [5, 5.41) is 3.60. The first kappa shape index (κ1) is 22.4. The summed E-state index contributed by atoms with van der Waals surface area (Å²) in [6.45, 7) is 1.40. The molecule has 0 radical (unpaired) electrons. The number of carbonyl (C=O) groups is 1. The van der Waals surface area contributed by atoms with E-state index in [0.717, 1.165) is 9.87 Å². The summed E-state index contributed by atoms with van der Waals surface area (Å²) in [7, 11) is -4.02. The number of carbonyl (C=O) groups excluding carboxylic acids is 1. The predicted octanol–water partition coefficient (Wildman–Crippen LogP) is 5.79. The second-order valence-electron chi connectivity index (χ2n) is 6.48. The normalized spacial score (nSPS) is 11.2. The Kier molecular flexibility index (Phi) is 6.93. The molecule has 0 atom stereocenters. The van der Waals surface area contributed by atoms with Crippen LogP contribution in [0.4, 0.5) is 11.4 Å². The fraction of sp³-hybridized carbons (Fsp3) is 0.0952. The molecular formula is C21H17Cl3N2O3S. The Balaban J connectivity index is 1.94. The molecule has 0 unspecified atom stereocenters. The van der Waals surface area contributed by atoms with Crippen molar-refractivity contribution in [2.75, 3.05) is 16.2 Å². The van der Waals surface area contributed by atoms with E-state index in [1.165, 1.54) is 30.3 Å². The van der Waals surface area contributed by atoms with Crippen LogP contribution in [0.25, 0.3) is 0 Å². The molecular weight excluding hydrogens is 467 g/mol. The van der Waals surface area contributed by atoms with Crippen molar-refractivity contribution in [2.45, 2.75) is 11.8 Å². The second kappa shape index (κ2) is 9.27. The lowest BCUT2D eigenvalue weighted by Crippen LogP contribution is -2.38. The van der Waals surface area contributed by atoms with Crippen LogP contribution in [0.1, 0.15) is 5.56 Å². The van der Waals surface area contributed by atoms with Gasteiger partial charge in [0.1, 0.15) is 6.54 Å². The van der Waals surface area contributed by atoms with Crippen LogP contribution in [-0.2, 0) is 14.8 Å². The summed E-state index contributed by atoms with van der Waals surface area (Å²) < 4.78 is 27.6. The molecule has 0 aliphatic carbocycles. The van der Waals surface area contributed by atoms with Gasteiger partial charge in [0, 0.05) is 10.7 Å².